The Kier molecular flexibility index (Phi) is 5.98. The number of aromatic nitrogens is 1. The highest BCUT2D eigenvalue weighted by atomic mass is 16.2. The summed E-state index contributed by atoms with van der Waals surface area (Å²) in [4.78, 5) is 31.4. The van der Waals surface area contributed by atoms with Crippen molar-refractivity contribution in [2.75, 3.05) is 24.1 Å². The van der Waals surface area contributed by atoms with E-state index < -0.39 is 0 Å². The van der Waals surface area contributed by atoms with E-state index in [2.05, 4.69) is 35.4 Å². The Morgan fingerprint density at radius 1 is 1.06 bits per heavy atom. The Labute approximate surface area is 182 Å². The first-order chi connectivity index (χ1) is 15.0. The number of piperidine rings is 1. The molecule has 1 unspecified atom stereocenters. The first-order valence-electron chi connectivity index (χ1n) is 10.5. The molecule has 1 aromatic heterocycles. The second-order valence-corrected chi connectivity index (χ2v) is 8.00. The smallest absolute Gasteiger partial charge is 0.254 e. The van der Waals surface area contributed by atoms with E-state index in [-0.39, 0.29) is 17.7 Å². The number of benzene rings is 2. The van der Waals surface area contributed by atoms with Crippen LogP contribution in [0.15, 0.2) is 66.9 Å². The predicted molar refractivity (Wildman–Crippen MR) is 123 cm³/mol. The van der Waals surface area contributed by atoms with Crippen LogP contribution in [-0.2, 0) is 4.79 Å². The standard InChI is InChI=1S/C25H26N4O2/c1-17-5-2-6-18(13-17)19-7-3-9-22(14-19)28-24(30)21-8-4-12-29(16-21)25(31)20-10-11-27-23(26)15-20/h2-3,5-7,9-11,13-15,21H,4,8,12,16H2,1H3,(H2,26,27)(H,28,30). The number of aryl methyl sites for hydroxylation is 1. The van der Waals surface area contributed by atoms with Crippen LogP contribution in [0.25, 0.3) is 11.1 Å². The molecule has 0 saturated carbocycles. The van der Waals surface area contributed by atoms with Gasteiger partial charge in [0.2, 0.25) is 5.91 Å². The molecule has 6 nitrogen and oxygen atoms in total. The molecule has 2 amide bonds. The summed E-state index contributed by atoms with van der Waals surface area (Å²) in [6.45, 7) is 3.09. The molecule has 6 heteroatoms. The zero-order valence-corrected chi connectivity index (χ0v) is 17.5. The van der Waals surface area contributed by atoms with Gasteiger partial charge in [-0.15, -0.1) is 0 Å². The number of nitrogens with two attached hydrogens (primary N) is 1. The maximum absolute atomic E-state index is 12.9. The minimum Gasteiger partial charge on any atom is -0.384 e. The van der Waals surface area contributed by atoms with Crippen LogP contribution in [0.2, 0.25) is 0 Å². The summed E-state index contributed by atoms with van der Waals surface area (Å²) in [5, 5.41) is 3.04. The number of hydrogen-bond acceptors (Lipinski definition) is 4. The molecule has 158 valence electrons. The first kappa shape index (κ1) is 20.6. The van der Waals surface area contributed by atoms with Gasteiger partial charge >= 0.3 is 0 Å². The minimum atomic E-state index is -0.250. The number of nitrogens with one attached hydrogen (secondary N) is 1. The topological polar surface area (TPSA) is 88.3 Å². The molecule has 0 bridgehead atoms. The highest BCUT2D eigenvalue weighted by Gasteiger charge is 2.29. The molecule has 2 heterocycles. The Balaban J connectivity index is 1.44. The first-order valence-corrected chi connectivity index (χ1v) is 10.5. The van der Waals surface area contributed by atoms with Gasteiger partial charge in [-0.2, -0.15) is 0 Å². The second-order valence-electron chi connectivity index (χ2n) is 8.00. The van der Waals surface area contributed by atoms with Gasteiger partial charge < -0.3 is 16.0 Å². The zero-order chi connectivity index (χ0) is 21.8. The summed E-state index contributed by atoms with van der Waals surface area (Å²) in [5.74, 6) is -0.119. The predicted octanol–water partition coefficient (Wildman–Crippen LogP) is 4.13. The number of carbonyl (C=O) groups excluding carboxylic acids is 2. The fraction of sp³-hybridized carbons (Fsp3) is 0.240. The van der Waals surface area contributed by atoms with Gasteiger partial charge in [0.15, 0.2) is 0 Å². The number of carbonyl (C=O) groups is 2. The molecule has 0 radical (unpaired) electrons. The lowest BCUT2D eigenvalue weighted by molar-refractivity contribution is -0.121. The molecular weight excluding hydrogens is 388 g/mol. The summed E-state index contributed by atoms with van der Waals surface area (Å²) in [5.41, 5.74) is 10.3. The summed E-state index contributed by atoms with van der Waals surface area (Å²) < 4.78 is 0. The summed E-state index contributed by atoms with van der Waals surface area (Å²) in [6.07, 6.45) is 3.07. The zero-order valence-electron chi connectivity index (χ0n) is 17.5. The van der Waals surface area contributed by atoms with Gasteiger partial charge in [0.25, 0.3) is 5.91 Å². The average molecular weight is 415 g/mol. The summed E-state index contributed by atoms with van der Waals surface area (Å²) >= 11 is 0. The lowest BCUT2D eigenvalue weighted by Crippen LogP contribution is -2.43. The average Bonchev–Trinajstić information content (AvgIpc) is 2.79. The minimum absolute atomic E-state index is 0.0619. The van der Waals surface area contributed by atoms with Crippen molar-refractivity contribution in [1.29, 1.82) is 0 Å². The van der Waals surface area contributed by atoms with Crippen molar-refractivity contribution in [3.63, 3.8) is 0 Å². The molecule has 3 N–H and O–H groups in total. The van der Waals surface area contributed by atoms with Crippen molar-refractivity contribution in [2.24, 2.45) is 5.92 Å². The van der Waals surface area contributed by atoms with E-state index in [1.165, 1.54) is 11.8 Å². The van der Waals surface area contributed by atoms with Gasteiger partial charge in [0.1, 0.15) is 5.82 Å². The fourth-order valence-electron chi connectivity index (χ4n) is 3.99. The van der Waals surface area contributed by atoms with Crippen molar-refractivity contribution < 1.29 is 9.59 Å². The van der Waals surface area contributed by atoms with Crippen molar-refractivity contribution in [1.82, 2.24) is 9.88 Å². The fourth-order valence-corrected chi connectivity index (χ4v) is 3.99. The SMILES string of the molecule is Cc1cccc(-c2cccc(NC(=O)C3CCCN(C(=O)c4ccnc(N)c4)C3)c2)c1. The van der Waals surface area contributed by atoms with Crippen molar-refractivity contribution in [2.45, 2.75) is 19.8 Å². The van der Waals surface area contributed by atoms with Gasteiger partial charge in [0, 0.05) is 30.5 Å². The summed E-state index contributed by atoms with van der Waals surface area (Å²) in [7, 11) is 0. The van der Waals surface area contributed by atoms with Crippen LogP contribution in [0.3, 0.4) is 0 Å². The molecule has 1 fully saturated rings. The van der Waals surface area contributed by atoms with Crippen LogP contribution < -0.4 is 11.1 Å². The monoisotopic (exact) mass is 414 g/mol. The molecule has 0 aliphatic carbocycles. The molecule has 0 spiro atoms. The molecule has 31 heavy (non-hydrogen) atoms. The Morgan fingerprint density at radius 3 is 2.61 bits per heavy atom. The van der Waals surface area contributed by atoms with Gasteiger partial charge in [0.05, 0.1) is 5.92 Å². The van der Waals surface area contributed by atoms with Crippen molar-refractivity contribution in [3.8, 4) is 11.1 Å². The highest BCUT2D eigenvalue weighted by Crippen LogP contribution is 2.25. The Bertz CT molecular complexity index is 1110. The third kappa shape index (κ3) is 4.91. The third-order valence-corrected chi connectivity index (χ3v) is 5.59. The van der Waals surface area contributed by atoms with Crippen LogP contribution in [0.5, 0.6) is 0 Å². The number of amides is 2. The number of likely N-dealkylation sites (tertiary alicyclic amines) is 1. The van der Waals surface area contributed by atoms with Crippen LogP contribution in [-0.4, -0.2) is 34.8 Å². The van der Waals surface area contributed by atoms with E-state index >= 15 is 0 Å². The van der Waals surface area contributed by atoms with Gasteiger partial charge in [-0.25, -0.2) is 4.98 Å². The van der Waals surface area contributed by atoms with E-state index in [1.807, 2.05) is 30.3 Å². The van der Waals surface area contributed by atoms with E-state index in [1.54, 1.807) is 17.0 Å². The molecule has 3 aromatic rings. The lowest BCUT2D eigenvalue weighted by Gasteiger charge is -2.32. The van der Waals surface area contributed by atoms with E-state index in [0.717, 1.165) is 29.7 Å². The molecule has 2 aromatic carbocycles. The van der Waals surface area contributed by atoms with E-state index in [4.69, 9.17) is 5.73 Å². The highest BCUT2D eigenvalue weighted by molar-refractivity contribution is 5.97. The van der Waals surface area contributed by atoms with E-state index in [9.17, 15) is 9.59 Å². The molecule has 1 atom stereocenters. The summed E-state index contributed by atoms with van der Waals surface area (Å²) in [6, 6.07) is 19.3. The van der Waals surface area contributed by atoms with Gasteiger partial charge in [-0.05, 0) is 55.2 Å². The Morgan fingerprint density at radius 2 is 1.84 bits per heavy atom. The lowest BCUT2D eigenvalue weighted by atomic mass is 9.96. The number of anilines is 2. The maximum atomic E-state index is 12.9. The Hall–Kier alpha value is -3.67. The van der Waals surface area contributed by atoms with E-state index in [0.29, 0.717) is 24.5 Å². The normalized spacial score (nSPS) is 16.0. The maximum Gasteiger partial charge on any atom is 0.254 e. The number of pyridine rings is 1. The van der Waals surface area contributed by atoms with Crippen molar-refractivity contribution >= 4 is 23.3 Å². The van der Waals surface area contributed by atoms with Crippen LogP contribution in [0.1, 0.15) is 28.8 Å². The largest absolute Gasteiger partial charge is 0.384 e. The van der Waals surface area contributed by atoms with Gasteiger partial charge in [-0.1, -0.05) is 42.0 Å². The number of rotatable bonds is 4. The molecular formula is C25H26N4O2. The molecule has 1 saturated heterocycles. The molecule has 1 aliphatic heterocycles. The molecule has 4 rings (SSSR count). The van der Waals surface area contributed by atoms with Crippen LogP contribution in [0.4, 0.5) is 11.5 Å². The quantitative estimate of drug-likeness (QED) is 0.672. The third-order valence-electron chi connectivity index (χ3n) is 5.59. The number of nitrogen functional groups attached to an aromatic ring is 1. The van der Waals surface area contributed by atoms with Crippen LogP contribution in [0, 0.1) is 12.8 Å². The molecule has 1 aliphatic rings. The van der Waals surface area contributed by atoms with Gasteiger partial charge in [-0.3, -0.25) is 9.59 Å². The number of hydrogen-bond donors (Lipinski definition) is 2. The van der Waals surface area contributed by atoms with Crippen LogP contribution >= 0.6 is 0 Å². The second kappa shape index (κ2) is 9.00. The number of nitrogens with zero attached hydrogens (tertiary/aromatic N) is 2. The van der Waals surface area contributed by atoms with Crippen molar-refractivity contribution in [3.05, 3.63) is 78.0 Å².